The summed E-state index contributed by atoms with van der Waals surface area (Å²) in [6, 6.07) is -0.216. The first kappa shape index (κ1) is 18.5. The normalized spacial score (nSPS) is 18.5. The summed E-state index contributed by atoms with van der Waals surface area (Å²) >= 11 is 0. The van der Waals surface area contributed by atoms with Crippen LogP contribution in [0.3, 0.4) is 0 Å². The fraction of sp³-hybridized carbons (Fsp3) is 0.812. The zero-order valence-electron chi connectivity index (χ0n) is 14.4. The van der Waals surface area contributed by atoms with Gasteiger partial charge in [-0.25, -0.2) is 4.79 Å². The highest BCUT2D eigenvalue weighted by molar-refractivity contribution is 6.06. The minimum absolute atomic E-state index is 0.0254. The first-order valence-electron chi connectivity index (χ1n) is 8.07. The molecule has 1 heterocycles. The van der Waals surface area contributed by atoms with Crippen molar-refractivity contribution in [3.8, 4) is 0 Å². The molecule has 22 heavy (non-hydrogen) atoms. The predicted octanol–water partition coefficient (Wildman–Crippen LogP) is 2.04. The van der Waals surface area contributed by atoms with Crippen LogP contribution in [0.5, 0.6) is 0 Å². The van der Waals surface area contributed by atoms with E-state index in [9.17, 15) is 14.4 Å². The molecule has 1 aliphatic heterocycles. The van der Waals surface area contributed by atoms with Crippen molar-refractivity contribution in [1.29, 1.82) is 0 Å². The lowest BCUT2D eigenvalue weighted by Crippen LogP contribution is -2.40. The third-order valence-corrected chi connectivity index (χ3v) is 3.81. The number of nitrogens with zero attached hydrogens (tertiary/aromatic N) is 1. The second kappa shape index (κ2) is 7.61. The average molecular weight is 311 g/mol. The van der Waals surface area contributed by atoms with E-state index in [2.05, 4.69) is 24.5 Å². The number of imide groups is 1. The van der Waals surface area contributed by atoms with Gasteiger partial charge in [0.1, 0.15) is 5.54 Å². The van der Waals surface area contributed by atoms with Crippen molar-refractivity contribution in [2.45, 2.75) is 71.9 Å². The number of nitrogens with one attached hydrogen (secondary N) is 2. The van der Waals surface area contributed by atoms with Gasteiger partial charge in [-0.3, -0.25) is 14.5 Å². The van der Waals surface area contributed by atoms with E-state index in [0.717, 1.165) is 12.8 Å². The molecular formula is C16H29N3O3. The minimum Gasteiger partial charge on any atom is -0.354 e. The molecule has 6 nitrogen and oxygen atoms in total. The van der Waals surface area contributed by atoms with Gasteiger partial charge < -0.3 is 10.6 Å². The Morgan fingerprint density at radius 2 is 1.86 bits per heavy atom. The topological polar surface area (TPSA) is 78.5 Å². The summed E-state index contributed by atoms with van der Waals surface area (Å²) < 4.78 is 0. The second-order valence-corrected chi connectivity index (χ2v) is 7.06. The summed E-state index contributed by atoms with van der Waals surface area (Å²) in [7, 11) is 0. The molecule has 0 bridgehead atoms. The Kier molecular flexibility index (Phi) is 6.38. The van der Waals surface area contributed by atoms with Gasteiger partial charge in [-0.1, -0.05) is 13.8 Å². The summed E-state index contributed by atoms with van der Waals surface area (Å²) in [6.07, 6.45) is 2.85. The van der Waals surface area contributed by atoms with Crippen LogP contribution in [-0.2, 0) is 9.59 Å². The lowest BCUT2D eigenvalue weighted by Gasteiger charge is -2.17. The number of hydrogen-bond donors (Lipinski definition) is 2. The van der Waals surface area contributed by atoms with Crippen molar-refractivity contribution < 1.29 is 14.4 Å². The highest BCUT2D eigenvalue weighted by Gasteiger charge is 2.43. The number of amides is 4. The van der Waals surface area contributed by atoms with Crippen molar-refractivity contribution in [1.82, 2.24) is 15.5 Å². The Balaban J connectivity index is 2.28. The summed E-state index contributed by atoms with van der Waals surface area (Å²) in [4.78, 5) is 36.7. The lowest BCUT2D eigenvalue weighted by atomic mass is 10.0. The molecule has 0 aromatic heterocycles. The van der Waals surface area contributed by atoms with E-state index in [1.807, 2.05) is 6.92 Å². The molecule has 1 saturated heterocycles. The van der Waals surface area contributed by atoms with Gasteiger partial charge in [0.2, 0.25) is 5.91 Å². The van der Waals surface area contributed by atoms with Gasteiger partial charge in [0.15, 0.2) is 0 Å². The molecule has 4 amide bonds. The van der Waals surface area contributed by atoms with E-state index >= 15 is 0 Å². The maximum absolute atomic E-state index is 12.0. The monoisotopic (exact) mass is 311 g/mol. The maximum Gasteiger partial charge on any atom is 0.325 e. The van der Waals surface area contributed by atoms with E-state index < -0.39 is 5.54 Å². The van der Waals surface area contributed by atoms with Gasteiger partial charge in [0, 0.05) is 19.0 Å². The molecular weight excluding hydrogens is 282 g/mol. The van der Waals surface area contributed by atoms with Gasteiger partial charge in [-0.2, -0.15) is 0 Å². The molecule has 0 saturated carbocycles. The zero-order chi connectivity index (χ0) is 16.9. The van der Waals surface area contributed by atoms with Crippen LogP contribution in [0.4, 0.5) is 4.79 Å². The first-order valence-corrected chi connectivity index (χ1v) is 8.07. The molecule has 1 rings (SSSR count). The molecule has 0 aromatic carbocycles. The molecule has 126 valence electrons. The number of hydrogen-bond acceptors (Lipinski definition) is 3. The molecule has 0 spiro atoms. The van der Waals surface area contributed by atoms with Crippen LogP contribution in [0, 0.1) is 5.92 Å². The van der Waals surface area contributed by atoms with Gasteiger partial charge >= 0.3 is 6.03 Å². The second-order valence-electron chi connectivity index (χ2n) is 7.06. The Labute approximate surface area is 133 Å². The molecule has 2 N–H and O–H groups in total. The fourth-order valence-electron chi connectivity index (χ4n) is 2.42. The standard InChI is InChI=1S/C16H29N3O3/c1-11(2)8-9-12(3)17-13(20)7-6-10-19-14(21)16(4,5)18-15(19)22/h11-12H,6-10H2,1-5H3,(H,17,20)(H,18,22). The molecule has 6 heteroatoms. The first-order chi connectivity index (χ1) is 10.1. The van der Waals surface area contributed by atoms with Gasteiger partial charge in [0.05, 0.1) is 0 Å². The molecule has 1 aliphatic rings. The average Bonchev–Trinajstić information content (AvgIpc) is 2.58. The third-order valence-electron chi connectivity index (χ3n) is 3.81. The largest absolute Gasteiger partial charge is 0.354 e. The fourth-order valence-corrected chi connectivity index (χ4v) is 2.42. The van der Waals surface area contributed by atoms with Crippen LogP contribution in [0.15, 0.2) is 0 Å². The third kappa shape index (κ3) is 5.31. The van der Waals surface area contributed by atoms with E-state index in [1.165, 1.54) is 4.90 Å². The van der Waals surface area contributed by atoms with Crippen LogP contribution < -0.4 is 10.6 Å². The summed E-state index contributed by atoms with van der Waals surface area (Å²) in [6.45, 7) is 9.96. The Morgan fingerprint density at radius 1 is 1.23 bits per heavy atom. The van der Waals surface area contributed by atoms with Crippen molar-refractivity contribution >= 4 is 17.8 Å². The van der Waals surface area contributed by atoms with E-state index in [1.54, 1.807) is 13.8 Å². The molecule has 0 aromatic rings. The zero-order valence-corrected chi connectivity index (χ0v) is 14.4. The van der Waals surface area contributed by atoms with Crippen molar-refractivity contribution in [3.63, 3.8) is 0 Å². The SMILES string of the molecule is CC(C)CCC(C)NC(=O)CCCN1C(=O)NC(C)(C)C1=O. The van der Waals surface area contributed by atoms with Crippen molar-refractivity contribution in [3.05, 3.63) is 0 Å². The lowest BCUT2D eigenvalue weighted by molar-refractivity contribution is -0.130. The summed E-state index contributed by atoms with van der Waals surface area (Å²) in [5.74, 6) is 0.369. The number of carbonyl (C=O) groups is 3. The van der Waals surface area contributed by atoms with E-state index in [4.69, 9.17) is 0 Å². The summed E-state index contributed by atoms with van der Waals surface area (Å²) in [5.41, 5.74) is -0.843. The smallest absolute Gasteiger partial charge is 0.325 e. The number of carbonyl (C=O) groups excluding carboxylic acids is 3. The van der Waals surface area contributed by atoms with Crippen LogP contribution in [0.2, 0.25) is 0 Å². The highest BCUT2D eigenvalue weighted by atomic mass is 16.2. The van der Waals surface area contributed by atoms with Crippen LogP contribution in [0.1, 0.15) is 60.3 Å². The number of urea groups is 1. The van der Waals surface area contributed by atoms with Crippen LogP contribution in [0.25, 0.3) is 0 Å². The molecule has 1 atom stereocenters. The van der Waals surface area contributed by atoms with Crippen molar-refractivity contribution in [2.24, 2.45) is 5.92 Å². The van der Waals surface area contributed by atoms with E-state index in [-0.39, 0.29) is 30.4 Å². The Bertz CT molecular complexity index is 432. The molecule has 0 aliphatic carbocycles. The van der Waals surface area contributed by atoms with Gasteiger partial charge in [-0.15, -0.1) is 0 Å². The molecule has 1 fully saturated rings. The quantitative estimate of drug-likeness (QED) is 0.673. The maximum atomic E-state index is 12.0. The molecule has 1 unspecified atom stereocenters. The van der Waals surface area contributed by atoms with Gasteiger partial charge in [-0.05, 0) is 46.0 Å². The number of rotatable bonds is 8. The molecule has 0 radical (unpaired) electrons. The Morgan fingerprint density at radius 3 is 2.36 bits per heavy atom. The van der Waals surface area contributed by atoms with Crippen LogP contribution in [-0.4, -0.2) is 40.9 Å². The highest BCUT2D eigenvalue weighted by Crippen LogP contribution is 2.17. The van der Waals surface area contributed by atoms with Gasteiger partial charge in [0.25, 0.3) is 5.91 Å². The van der Waals surface area contributed by atoms with Crippen molar-refractivity contribution in [2.75, 3.05) is 6.54 Å². The summed E-state index contributed by atoms with van der Waals surface area (Å²) in [5, 5.41) is 5.58. The minimum atomic E-state index is -0.843. The van der Waals surface area contributed by atoms with E-state index in [0.29, 0.717) is 18.8 Å². The predicted molar refractivity (Wildman–Crippen MR) is 85.2 cm³/mol. The Hall–Kier alpha value is -1.59. The van der Waals surface area contributed by atoms with Crippen LogP contribution >= 0.6 is 0 Å².